The third-order valence-electron chi connectivity index (χ3n) is 2.63. The van der Waals surface area contributed by atoms with Gasteiger partial charge in [-0.3, -0.25) is 0 Å². The average Bonchev–Trinajstić information content (AvgIpc) is 2.73. The van der Waals surface area contributed by atoms with Gasteiger partial charge >= 0.3 is 5.97 Å². The quantitative estimate of drug-likeness (QED) is 0.674. The lowest BCUT2D eigenvalue weighted by Crippen LogP contribution is -1.89. The van der Waals surface area contributed by atoms with Gasteiger partial charge in [-0.25, -0.2) is 4.79 Å². The first-order valence-corrected chi connectivity index (χ1v) is 5.72. The van der Waals surface area contributed by atoms with Gasteiger partial charge in [0.2, 0.25) is 0 Å². The Hall–Kier alpha value is -1.81. The van der Waals surface area contributed by atoms with Crippen LogP contribution in [0.4, 0.5) is 0 Å². The van der Waals surface area contributed by atoms with Crippen LogP contribution < -0.4 is 0 Å². The maximum Gasteiger partial charge on any atom is 0.345 e. The highest BCUT2D eigenvalue weighted by atomic mass is 32.1. The SMILES string of the molecule is Cc1ccc2c(c1)[nH]c1cc(C(=O)O)sc12. The van der Waals surface area contributed by atoms with Gasteiger partial charge in [-0.05, 0) is 24.6 Å². The second-order valence-corrected chi connectivity index (χ2v) is 4.88. The normalized spacial score (nSPS) is 11.3. The van der Waals surface area contributed by atoms with Crippen LogP contribution in [-0.4, -0.2) is 16.1 Å². The summed E-state index contributed by atoms with van der Waals surface area (Å²) in [5, 5.41) is 10.0. The lowest BCUT2D eigenvalue weighted by molar-refractivity contribution is 0.0702. The summed E-state index contributed by atoms with van der Waals surface area (Å²) in [6, 6.07) is 7.83. The summed E-state index contributed by atoms with van der Waals surface area (Å²) in [6.45, 7) is 2.04. The fourth-order valence-corrected chi connectivity index (χ4v) is 2.89. The van der Waals surface area contributed by atoms with Crippen molar-refractivity contribution in [3.05, 3.63) is 34.7 Å². The molecule has 3 aromatic rings. The van der Waals surface area contributed by atoms with Crippen LogP contribution in [0.15, 0.2) is 24.3 Å². The summed E-state index contributed by atoms with van der Waals surface area (Å²) >= 11 is 1.32. The number of hydrogen-bond acceptors (Lipinski definition) is 2. The molecule has 0 atom stereocenters. The number of thiophene rings is 1. The van der Waals surface area contributed by atoms with E-state index in [4.69, 9.17) is 5.11 Å². The van der Waals surface area contributed by atoms with Crippen molar-refractivity contribution in [2.45, 2.75) is 6.92 Å². The largest absolute Gasteiger partial charge is 0.477 e. The van der Waals surface area contributed by atoms with Crippen LogP contribution in [0.2, 0.25) is 0 Å². The van der Waals surface area contributed by atoms with E-state index < -0.39 is 5.97 Å². The third kappa shape index (κ3) is 1.23. The number of aromatic carboxylic acids is 1. The molecule has 0 unspecified atom stereocenters. The molecule has 2 aromatic heterocycles. The maximum atomic E-state index is 10.9. The first kappa shape index (κ1) is 9.42. The number of fused-ring (bicyclic) bond motifs is 3. The van der Waals surface area contributed by atoms with Crippen LogP contribution in [0, 0.1) is 6.92 Å². The van der Waals surface area contributed by atoms with E-state index in [0.29, 0.717) is 4.88 Å². The van der Waals surface area contributed by atoms with E-state index in [0.717, 1.165) is 21.1 Å². The van der Waals surface area contributed by atoms with E-state index in [-0.39, 0.29) is 0 Å². The Balaban J connectivity index is 2.38. The number of carbonyl (C=O) groups is 1. The summed E-state index contributed by atoms with van der Waals surface area (Å²) < 4.78 is 1.02. The van der Waals surface area contributed by atoms with Crippen molar-refractivity contribution in [3.63, 3.8) is 0 Å². The fourth-order valence-electron chi connectivity index (χ4n) is 1.89. The lowest BCUT2D eigenvalue weighted by Gasteiger charge is -1.92. The summed E-state index contributed by atoms with van der Waals surface area (Å²) in [6.07, 6.45) is 0. The zero-order valence-corrected chi connectivity index (χ0v) is 9.39. The lowest BCUT2D eigenvalue weighted by atomic mass is 10.2. The van der Waals surface area contributed by atoms with Crippen LogP contribution in [0.3, 0.4) is 0 Å². The number of aryl methyl sites for hydroxylation is 1. The van der Waals surface area contributed by atoms with E-state index in [9.17, 15) is 4.79 Å². The number of benzene rings is 1. The van der Waals surface area contributed by atoms with Gasteiger partial charge in [0, 0.05) is 10.9 Å². The Kier molecular flexibility index (Phi) is 1.82. The molecule has 0 spiro atoms. The zero-order valence-electron chi connectivity index (χ0n) is 8.57. The van der Waals surface area contributed by atoms with Gasteiger partial charge in [-0.15, -0.1) is 11.3 Å². The molecule has 1 aromatic carbocycles. The first-order valence-electron chi connectivity index (χ1n) is 4.90. The van der Waals surface area contributed by atoms with E-state index in [1.165, 1.54) is 16.9 Å². The highest BCUT2D eigenvalue weighted by Crippen LogP contribution is 2.33. The summed E-state index contributed by atoms with van der Waals surface area (Å²) in [4.78, 5) is 14.5. The molecule has 0 aliphatic rings. The van der Waals surface area contributed by atoms with Crippen LogP contribution >= 0.6 is 11.3 Å². The predicted molar refractivity (Wildman–Crippen MR) is 65.4 cm³/mol. The van der Waals surface area contributed by atoms with Crippen molar-refractivity contribution in [1.29, 1.82) is 0 Å². The molecule has 0 fully saturated rings. The van der Waals surface area contributed by atoms with Crippen LogP contribution in [0.1, 0.15) is 15.2 Å². The summed E-state index contributed by atoms with van der Waals surface area (Å²) in [5.74, 6) is -0.866. The predicted octanol–water partition coefficient (Wildman–Crippen LogP) is 3.39. The first-order chi connectivity index (χ1) is 7.65. The van der Waals surface area contributed by atoms with E-state index in [1.807, 2.05) is 19.1 Å². The molecule has 0 saturated carbocycles. The standard InChI is InChI=1S/C12H9NO2S/c1-6-2-3-7-8(4-6)13-9-5-10(12(14)15)16-11(7)9/h2-5,13H,1H3,(H,14,15). The number of aromatic nitrogens is 1. The molecule has 0 bridgehead atoms. The third-order valence-corrected chi connectivity index (χ3v) is 3.79. The minimum absolute atomic E-state index is 0.378. The molecule has 3 rings (SSSR count). The average molecular weight is 231 g/mol. The Morgan fingerprint density at radius 1 is 1.31 bits per heavy atom. The molecule has 2 heterocycles. The Morgan fingerprint density at radius 2 is 2.12 bits per heavy atom. The number of rotatable bonds is 1. The second-order valence-electron chi connectivity index (χ2n) is 3.83. The van der Waals surface area contributed by atoms with Gasteiger partial charge in [0.25, 0.3) is 0 Å². The van der Waals surface area contributed by atoms with Crippen LogP contribution in [0.5, 0.6) is 0 Å². The number of carboxylic acids is 1. The fraction of sp³-hybridized carbons (Fsp3) is 0.0833. The van der Waals surface area contributed by atoms with Gasteiger partial charge < -0.3 is 10.1 Å². The molecule has 2 N–H and O–H groups in total. The number of carboxylic acid groups (broad SMARTS) is 1. The van der Waals surface area contributed by atoms with Crippen LogP contribution in [0.25, 0.3) is 21.1 Å². The monoisotopic (exact) mass is 231 g/mol. The Morgan fingerprint density at radius 3 is 2.88 bits per heavy atom. The zero-order chi connectivity index (χ0) is 11.3. The Bertz CT molecular complexity index is 708. The van der Waals surface area contributed by atoms with Crippen molar-refractivity contribution in [3.8, 4) is 0 Å². The molecule has 80 valence electrons. The van der Waals surface area contributed by atoms with Crippen molar-refractivity contribution in [2.75, 3.05) is 0 Å². The number of H-pyrrole nitrogens is 1. The number of hydrogen-bond donors (Lipinski definition) is 2. The molecule has 16 heavy (non-hydrogen) atoms. The summed E-state index contributed by atoms with van der Waals surface area (Å²) in [7, 11) is 0. The number of aromatic amines is 1. The van der Waals surface area contributed by atoms with Gasteiger partial charge in [-0.1, -0.05) is 12.1 Å². The topological polar surface area (TPSA) is 53.1 Å². The van der Waals surface area contributed by atoms with Gasteiger partial charge in [0.05, 0.1) is 10.2 Å². The highest BCUT2D eigenvalue weighted by molar-refractivity contribution is 7.21. The minimum Gasteiger partial charge on any atom is -0.477 e. The molecule has 0 radical (unpaired) electrons. The molecule has 3 nitrogen and oxygen atoms in total. The minimum atomic E-state index is -0.866. The highest BCUT2D eigenvalue weighted by Gasteiger charge is 2.12. The summed E-state index contributed by atoms with van der Waals surface area (Å²) in [5.41, 5.74) is 3.17. The molecule has 0 amide bonds. The van der Waals surface area contributed by atoms with Crippen molar-refractivity contribution in [1.82, 2.24) is 4.98 Å². The molecular formula is C12H9NO2S. The molecule has 0 aliphatic carbocycles. The van der Waals surface area contributed by atoms with Crippen LogP contribution in [-0.2, 0) is 0 Å². The van der Waals surface area contributed by atoms with Crippen molar-refractivity contribution in [2.24, 2.45) is 0 Å². The van der Waals surface area contributed by atoms with Gasteiger partial charge in [0.1, 0.15) is 4.88 Å². The Labute approximate surface area is 95.3 Å². The molecule has 0 aliphatic heterocycles. The number of nitrogens with one attached hydrogen (secondary N) is 1. The van der Waals surface area contributed by atoms with E-state index in [1.54, 1.807) is 6.07 Å². The van der Waals surface area contributed by atoms with Crippen molar-refractivity contribution >= 4 is 38.4 Å². The molecular weight excluding hydrogens is 222 g/mol. The molecule has 4 heteroatoms. The second kappa shape index (κ2) is 3.09. The van der Waals surface area contributed by atoms with Gasteiger partial charge in [-0.2, -0.15) is 0 Å². The van der Waals surface area contributed by atoms with Gasteiger partial charge in [0.15, 0.2) is 0 Å². The smallest absolute Gasteiger partial charge is 0.345 e. The maximum absolute atomic E-state index is 10.9. The van der Waals surface area contributed by atoms with E-state index >= 15 is 0 Å². The van der Waals surface area contributed by atoms with E-state index in [2.05, 4.69) is 11.1 Å². The molecule has 0 saturated heterocycles. The van der Waals surface area contributed by atoms with Crippen molar-refractivity contribution < 1.29 is 9.90 Å².